The van der Waals surface area contributed by atoms with Crippen molar-refractivity contribution in [1.29, 1.82) is 0 Å². The van der Waals surface area contributed by atoms with E-state index < -0.39 is 6.04 Å². The zero-order valence-electron chi connectivity index (χ0n) is 11.1. The standard InChI is InChI=1S/C13H19FN2OS.ClH/c1-16(13(17)12(15)7-8-18-2)9-10-3-5-11(14)6-4-10;/h3-6,12H,7-9,15H2,1-2H3;1H. The summed E-state index contributed by atoms with van der Waals surface area (Å²) in [4.78, 5) is 13.5. The summed E-state index contributed by atoms with van der Waals surface area (Å²) in [5.74, 6) is 0.523. The summed E-state index contributed by atoms with van der Waals surface area (Å²) in [6.07, 6.45) is 2.66. The SMILES string of the molecule is CSCCC(N)C(=O)N(C)Cc1ccc(F)cc1.Cl. The van der Waals surface area contributed by atoms with Gasteiger partial charge < -0.3 is 10.6 Å². The first-order chi connectivity index (χ1) is 8.54. The summed E-state index contributed by atoms with van der Waals surface area (Å²) in [6, 6.07) is 5.67. The minimum atomic E-state index is -0.456. The van der Waals surface area contributed by atoms with E-state index in [2.05, 4.69) is 0 Å². The first-order valence-electron chi connectivity index (χ1n) is 5.78. The van der Waals surface area contributed by atoms with Crippen LogP contribution in [0.25, 0.3) is 0 Å². The van der Waals surface area contributed by atoms with E-state index in [0.717, 1.165) is 11.3 Å². The smallest absolute Gasteiger partial charge is 0.239 e. The normalized spacial score (nSPS) is 11.6. The number of carbonyl (C=O) groups excluding carboxylic acids is 1. The topological polar surface area (TPSA) is 46.3 Å². The third kappa shape index (κ3) is 6.27. The number of carbonyl (C=O) groups is 1. The summed E-state index contributed by atoms with van der Waals surface area (Å²) < 4.78 is 12.7. The first kappa shape index (κ1) is 18.2. The van der Waals surface area contributed by atoms with Gasteiger partial charge in [-0.15, -0.1) is 12.4 Å². The molecule has 108 valence electrons. The molecule has 0 radical (unpaired) electrons. The molecule has 0 aliphatic heterocycles. The quantitative estimate of drug-likeness (QED) is 0.877. The van der Waals surface area contributed by atoms with Crippen molar-refractivity contribution in [2.45, 2.75) is 19.0 Å². The Balaban J connectivity index is 0.00000324. The van der Waals surface area contributed by atoms with Gasteiger partial charge in [0.25, 0.3) is 0 Å². The summed E-state index contributed by atoms with van der Waals surface area (Å²) in [7, 11) is 1.71. The van der Waals surface area contributed by atoms with Gasteiger partial charge in [0.15, 0.2) is 0 Å². The minimum absolute atomic E-state index is 0. The van der Waals surface area contributed by atoms with E-state index in [1.807, 2.05) is 6.26 Å². The molecule has 1 aromatic rings. The van der Waals surface area contributed by atoms with E-state index >= 15 is 0 Å². The predicted molar refractivity (Wildman–Crippen MR) is 81.1 cm³/mol. The van der Waals surface area contributed by atoms with Crippen LogP contribution in [0, 0.1) is 5.82 Å². The monoisotopic (exact) mass is 306 g/mol. The number of thioether (sulfide) groups is 1. The van der Waals surface area contributed by atoms with Crippen molar-refractivity contribution in [1.82, 2.24) is 4.90 Å². The molecule has 0 heterocycles. The Kier molecular flexibility index (Phi) is 8.80. The summed E-state index contributed by atoms with van der Waals surface area (Å²) in [5, 5.41) is 0. The number of nitrogens with two attached hydrogens (primary N) is 1. The average Bonchev–Trinajstić information content (AvgIpc) is 2.37. The van der Waals surface area contributed by atoms with Gasteiger partial charge in [-0.25, -0.2) is 4.39 Å². The lowest BCUT2D eigenvalue weighted by molar-refractivity contribution is -0.131. The predicted octanol–water partition coefficient (Wildman–Crippen LogP) is 2.29. The second-order valence-corrected chi connectivity index (χ2v) is 5.19. The van der Waals surface area contributed by atoms with Crippen LogP contribution in [0.2, 0.25) is 0 Å². The van der Waals surface area contributed by atoms with Gasteiger partial charge in [0.05, 0.1) is 6.04 Å². The highest BCUT2D eigenvalue weighted by Crippen LogP contribution is 2.08. The highest BCUT2D eigenvalue weighted by atomic mass is 35.5. The Labute approximate surface area is 124 Å². The van der Waals surface area contributed by atoms with Crippen molar-refractivity contribution in [3.63, 3.8) is 0 Å². The molecule has 19 heavy (non-hydrogen) atoms. The van der Waals surface area contributed by atoms with Crippen LogP contribution in [-0.4, -0.2) is 35.9 Å². The van der Waals surface area contributed by atoms with E-state index in [1.165, 1.54) is 12.1 Å². The van der Waals surface area contributed by atoms with Crippen molar-refractivity contribution in [2.24, 2.45) is 5.73 Å². The molecule has 1 amide bonds. The Bertz CT molecular complexity index is 389. The minimum Gasteiger partial charge on any atom is -0.340 e. The fraction of sp³-hybridized carbons (Fsp3) is 0.462. The maximum absolute atomic E-state index is 12.7. The van der Waals surface area contributed by atoms with E-state index in [9.17, 15) is 9.18 Å². The Hall–Kier alpha value is -0.780. The fourth-order valence-corrected chi connectivity index (χ4v) is 2.08. The third-order valence-corrected chi connectivity index (χ3v) is 3.30. The van der Waals surface area contributed by atoms with Crippen molar-refractivity contribution >= 4 is 30.1 Å². The van der Waals surface area contributed by atoms with Gasteiger partial charge in [0.1, 0.15) is 5.82 Å². The Morgan fingerprint density at radius 3 is 2.53 bits per heavy atom. The molecule has 6 heteroatoms. The molecule has 0 saturated carbocycles. The van der Waals surface area contributed by atoms with Crippen LogP contribution in [0.3, 0.4) is 0 Å². The number of amides is 1. The number of hydrogen-bond acceptors (Lipinski definition) is 3. The molecule has 0 aromatic heterocycles. The van der Waals surface area contributed by atoms with Gasteiger partial charge in [-0.1, -0.05) is 12.1 Å². The summed E-state index contributed by atoms with van der Waals surface area (Å²) in [5.41, 5.74) is 6.71. The number of likely N-dealkylation sites (N-methyl/N-ethyl adjacent to an activating group) is 1. The lowest BCUT2D eigenvalue weighted by Crippen LogP contribution is -2.41. The molecule has 0 spiro atoms. The van der Waals surface area contributed by atoms with Crippen LogP contribution in [0.4, 0.5) is 4.39 Å². The summed E-state index contributed by atoms with van der Waals surface area (Å²) >= 11 is 1.67. The molecule has 0 aliphatic carbocycles. The van der Waals surface area contributed by atoms with Gasteiger partial charge in [0, 0.05) is 13.6 Å². The van der Waals surface area contributed by atoms with Crippen LogP contribution < -0.4 is 5.73 Å². The van der Waals surface area contributed by atoms with Gasteiger partial charge in [0.2, 0.25) is 5.91 Å². The van der Waals surface area contributed by atoms with E-state index in [4.69, 9.17) is 5.73 Å². The molecule has 0 bridgehead atoms. The molecule has 0 fully saturated rings. The second-order valence-electron chi connectivity index (χ2n) is 4.21. The number of rotatable bonds is 6. The van der Waals surface area contributed by atoms with Gasteiger partial charge >= 0.3 is 0 Å². The van der Waals surface area contributed by atoms with Gasteiger partial charge in [-0.2, -0.15) is 11.8 Å². The lowest BCUT2D eigenvalue weighted by Gasteiger charge is -2.21. The first-order valence-corrected chi connectivity index (χ1v) is 7.18. The van der Waals surface area contributed by atoms with Crippen LogP contribution in [0.1, 0.15) is 12.0 Å². The summed E-state index contributed by atoms with van der Waals surface area (Å²) in [6.45, 7) is 0.450. The zero-order valence-corrected chi connectivity index (χ0v) is 12.8. The largest absolute Gasteiger partial charge is 0.340 e. The highest BCUT2D eigenvalue weighted by molar-refractivity contribution is 7.98. The molecule has 1 unspecified atom stereocenters. The molecule has 1 aromatic carbocycles. The maximum Gasteiger partial charge on any atom is 0.239 e. The fourth-order valence-electron chi connectivity index (χ4n) is 1.59. The molecule has 1 atom stereocenters. The Morgan fingerprint density at radius 1 is 1.42 bits per heavy atom. The molecule has 1 rings (SSSR count). The number of nitrogens with zero attached hydrogens (tertiary/aromatic N) is 1. The van der Waals surface area contributed by atoms with Crippen LogP contribution in [0.15, 0.2) is 24.3 Å². The maximum atomic E-state index is 12.7. The highest BCUT2D eigenvalue weighted by Gasteiger charge is 2.17. The van der Waals surface area contributed by atoms with Crippen LogP contribution >= 0.6 is 24.2 Å². The van der Waals surface area contributed by atoms with Crippen molar-refractivity contribution in [3.05, 3.63) is 35.6 Å². The molecular formula is C13H20ClFN2OS. The van der Waals surface area contributed by atoms with Crippen molar-refractivity contribution in [3.8, 4) is 0 Å². The molecule has 0 aliphatic rings. The third-order valence-electron chi connectivity index (χ3n) is 2.66. The average molecular weight is 307 g/mol. The number of hydrogen-bond donors (Lipinski definition) is 1. The van der Waals surface area contributed by atoms with Crippen molar-refractivity contribution in [2.75, 3.05) is 19.1 Å². The van der Waals surface area contributed by atoms with E-state index in [1.54, 1.807) is 35.8 Å². The van der Waals surface area contributed by atoms with E-state index in [0.29, 0.717) is 13.0 Å². The van der Waals surface area contributed by atoms with Gasteiger partial charge in [-0.3, -0.25) is 4.79 Å². The molecule has 2 N–H and O–H groups in total. The van der Waals surface area contributed by atoms with Crippen LogP contribution in [0.5, 0.6) is 0 Å². The number of halogens is 2. The Morgan fingerprint density at radius 2 is 2.00 bits per heavy atom. The van der Waals surface area contributed by atoms with E-state index in [-0.39, 0.29) is 24.1 Å². The zero-order chi connectivity index (χ0) is 13.5. The van der Waals surface area contributed by atoms with Gasteiger partial charge in [-0.05, 0) is 36.1 Å². The number of benzene rings is 1. The molecule has 0 saturated heterocycles. The van der Waals surface area contributed by atoms with Crippen molar-refractivity contribution < 1.29 is 9.18 Å². The second kappa shape index (κ2) is 9.18. The molecule has 3 nitrogen and oxygen atoms in total. The van der Waals surface area contributed by atoms with Crippen LogP contribution in [-0.2, 0) is 11.3 Å². The lowest BCUT2D eigenvalue weighted by atomic mass is 10.1. The molecular weight excluding hydrogens is 287 g/mol.